The number of amides is 1. The second kappa shape index (κ2) is 12.0. The zero-order valence-corrected chi connectivity index (χ0v) is 19.7. The molecule has 1 fully saturated rings. The summed E-state index contributed by atoms with van der Waals surface area (Å²) >= 11 is 7.71. The van der Waals surface area contributed by atoms with Gasteiger partial charge in [-0.1, -0.05) is 74.7 Å². The summed E-state index contributed by atoms with van der Waals surface area (Å²) < 4.78 is 6.05. The maximum Gasteiger partial charge on any atom is 0.266 e. The van der Waals surface area contributed by atoms with Gasteiger partial charge in [0.1, 0.15) is 12.4 Å². The number of amidine groups is 1. The van der Waals surface area contributed by atoms with Crippen LogP contribution in [0.25, 0.3) is 6.08 Å². The molecule has 0 radical (unpaired) electrons. The van der Waals surface area contributed by atoms with Crippen LogP contribution in [0.4, 0.5) is 0 Å². The van der Waals surface area contributed by atoms with E-state index in [1.165, 1.54) is 11.8 Å². The molecule has 0 aromatic heterocycles. The Labute approximate surface area is 194 Å². The number of hydrogen-bond acceptors (Lipinski definition) is 4. The molecule has 164 valence electrons. The molecule has 1 aliphatic heterocycles. The molecule has 4 nitrogen and oxygen atoms in total. The molecule has 0 saturated carbocycles. The van der Waals surface area contributed by atoms with E-state index in [1.807, 2.05) is 59.5 Å². The number of ether oxygens (including phenoxy) is 1. The number of unbranched alkanes of at least 4 members (excludes halogenated alkanes) is 2. The van der Waals surface area contributed by atoms with Crippen LogP contribution in [0.2, 0.25) is 5.02 Å². The molecule has 6 heteroatoms. The summed E-state index contributed by atoms with van der Waals surface area (Å²) in [5.74, 6) is 0.745. The molecule has 31 heavy (non-hydrogen) atoms. The minimum atomic E-state index is 0.0228. The van der Waals surface area contributed by atoms with E-state index in [4.69, 9.17) is 21.3 Å². The minimum Gasteiger partial charge on any atom is -0.488 e. The van der Waals surface area contributed by atoms with Crippen molar-refractivity contribution in [3.63, 3.8) is 0 Å². The molecule has 0 unspecified atom stereocenters. The first-order chi connectivity index (χ1) is 15.1. The smallest absolute Gasteiger partial charge is 0.266 e. The van der Waals surface area contributed by atoms with Gasteiger partial charge in [0.05, 0.1) is 4.91 Å². The first-order valence-electron chi connectivity index (χ1n) is 10.8. The quantitative estimate of drug-likeness (QED) is 0.292. The lowest BCUT2D eigenvalue weighted by atomic mass is 10.1. The molecule has 1 saturated heterocycles. The Hall–Kier alpha value is -2.24. The number of nitrogens with zero attached hydrogens (tertiary/aromatic N) is 2. The number of benzene rings is 2. The Morgan fingerprint density at radius 1 is 1.06 bits per heavy atom. The van der Waals surface area contributed by atoms with Gasteiger partial charge in [-0.2, -0.15) is 0 Å². The monoisotopic (exact) mass is 456 g/mol. The van der Waals surface area contributed by atoms with Gasteiger partial charge < -0.3 is 4.74 Å². The van der Waals surface area contributed by atoms with E-state index in [9.17, 15) is 4.79 Å². The third-order valence-electron chi connectivity index (χ3n) is 4.93. The van der Waals surface area contributed by atoms with Crippen molar-refractivity contribution in [2.75, 3.05) is 13.1 Å². The number of hydrogen-bond donors (Lipinski definition) is 0. The molecule has 1 amide bonds. The largest absolute Gasteiger partial charge is 0.488 e. The summed E-state index contributed by atoms with van der Waals surface area (Å²) in [6, 6.07) is 15.4. The van der Waals surface area contributed by atoms with Gasteiger partial charge in [0, 0.05) is 29.2 Å². The van der Waals surface area contributed by atoms with Crippen molar-refractivity contribution >= 4 is 40.5 Å². The van der Waals surface area contributed by atoms with Crippen molar-refractivity contribution < 1.29 is 9.53 Å². The number of rotatable bonds is 10. The fourth-order valence-electron chi connectivity index (χ4n) is 3.12. The molecule has 0 bridgehead atoms. The number of para-hydroxylation sites is 1. The number of aliphatic imine (C=N–C) groups is 1. The van der Waals surface area contributed by atoms with Gasteiger partial charge in [-0.05, 0) is 42.8 Å². The van der Waals surface area contributed by atoms with Crippen LogP contribution < -0.4 is 4.74 Å². The molecular weight excluding hydrogens is 428 g/mol. The lowest BCUT2D eigenvalue weighted by molar-refractivity contribution is -0.122. The SMILES string of the molecule is CCCCN=C1SC(=Cc2ccccc2OCc2ccccc2Cl)C(=O)N1CCCC. The zero-order valence-electron chi connectivity index (χ0n) is 18.1. The Morgan fingerprint density at radius 3 is 2.58 bits per heavy atom. The van der Waals surface area contributed by atoms with Crippen LogP contribution in [0, 0.1) is 0 Å². The predicted octanol–water partition coefficient (Wildman–Crippen LogP) is 6.79. The summed E-state index contributed by atoms with van der Waals surface area (Å²) in [7, 11) is 0. The summed E-state index contributed by atoms with van der Waals surface area (Å²) in [4.78, 5) is 20.3. The van der Waals surface area contributed by atoms with Gasteiger partial charge in [0.15, 0.2) is 5.17 Å². The highest BCUT2D eigenvalue weighted by Crippen LogP contribution is 2.34. The normalized spacial score (nSPS) is 16.5. The average molecular weight is 457 g/mol. The van der Waals surface area contributed by atoms with Crippen LogP contribution >= 0.6 is 23.4 Å². The Kier molecular flexibility index (Phi) is 9.04. The fraction of sp³-hybridized carbons (Fsp3) is 0.360. The molecule has 0 atom stereocenters. The standard InChI is InChI=1S/C25H29ClN2O2S/c1-3-5-15-27-25-28(16-6-4-2)24(29)23(31-25)17-19-11-8-10-14-22(19)30-18-20-12-7-9-13-21(20)26/h7-14,17H,3-6,15-16,18H2,1-2H3. The summed E-state index contributed by atoms with van der Waals surface area (Å²) in [6.07, 6.45) is 6.02. The maximum absolute atomic E-state index is 13.1. The number of carbonyl (C=O) groups is 1. The molecule has 1 aliphatic rings. The van der Waals surface area contributed by atoms with Crippen molar-refractivity contribution in [3.8, 4) is 5.75 Å². The van der Waals surface area contributed by atoms with E-state index >= 15 is 0 Å². The topological polar surface area (TPSA) is 41.9 Å². The van der Waals surface area contributed by atoms with Gasteiger partial charge >= 0.3 is 0 Å². The van der Waals surface area contributed by atoms with Crippen LogP contribution in [0.5, 0.6) is 5.75 Å². The Morgan fingerprint density at radius 2 is 1.81 bits per heavy atom. The van der Waals surface area contributed by atoms with Crippen LogP contribution in [0.3, 0.4) is 0 Å². The average Bonchev–Trinajstić information content (AvgIpc) is 3.07. The molecule has 2 aromatic carbocycles. The minimum absolute atomic E-state index is 0.0228. The number of carbonyl (C=O) groups excluding carboxylic acids is 1. The molecular formula is C25H29ClN2O2S. The van der Waals surface area contributed by atoms with Crippen molar-refractivity contribution in [1.29, 1.82) is 0 Å². The van der Waals surface area contributed by atoms with Gasteiger partial charge in [-0.15, -0.1) is 0 Å². The fourth-order valence-corrected chi connectivity index (χ4v) is 4.33. The van der Waals surface area contributed by atoms with Gasteiger partial charge in [-0.3, -0.25) is 14.7 Å². The van der Waals surface area contributed by atoms with Gasteiger partial charge in [0.2, 0.25) is 0 Å². The molecule has 0 N–H and O–H groups in total. The van der Waals surface area contributed by atoms with Gasteiger partial charge in [-0.25, -0.2) is 0 Å². The Balaban J connectivity index is 1.81. The number of thioether (sulfide) groups is 1. The van der Waals surface area contributed by atoms with E-state index in [-0.39, 0.29) is 5.91 Å². The third kappa shape index (κ3) is 6.37. The molecule has 2 aromatic rings. The lowest BCUT2D eigenvalue weighted by Gasteiger charge is -2.14. The van der Waals surface area contributed by atoms with Crippen LogP contribution in [0.15, 0.2) is 58.4 Å². The lowest BCUT2D eigenvalue weighted by Crippen LogP contribution is -2.30. The highest BCUT2D eigenvalue weighted by molar-refractivity contribution is 8.18. The summed E-state index contributed by atoms with van der Waals surface area (Å²) in [6.45, 7) is 6.10. The van der Waals surface area contributed by atoms with Gasteiger partial charge in [0.25, 0.3) is 5.91 Å². The predicted molar refractivity (Wildman–Crippen MR) is 132 cm³/mol. The van der Waals surface area contributed by atoms with Crippen molar-refractivity contribution in [2.24, 2.45) is 4.99 Å². The number of halogens is 1. The maximum atomic E-state index is 13.1. The highest BCUT2D eigenvalue weighted by atomic mass is 35.5. The molecule has 1 heterocycles. The van der Waals surface area contributed by atoms with Crippen molar-refractivity contribution in [1.82, 2.24) is 4.90 Å². The second-order valence-corrected chi connectivity index (χ2v) is 8.77. The van der Waals surface area contributed by atoms with Crippen molar-refractivity contribution in [2.45, 2.75) is 46.1 Å². The molecule has 3 rings (SSSR count). The van der Waals surface area contributed by atoms with Crippen LogP contribution in [0.1, 0.15) is 50.7 Å². The van der Waals surface area contributed by atoms with E-state index in [2.05, 4.69) is 13.8 Å². The summed E-state index contributed by atoms with van der Waals surface area (Å²) in [5.41, 5.74) is 1.80. The van der Waals surface area contributed by atoms with Crippen LogP contribution in [-0.2, 0) is 11.4 Å². The van der Waals surface area contributed by atoms with E-state index < -0.39 is 0 Å². The zero-order chi connectivity index (χ0) is 22.1. The van der Waals surface area contributed by atoms with Crippen LogP contribution in [-0.4, -0.2) is 29.1 Å². The molecule has 0 spiro atoms. The first kappa shape index (κ1) is 23.4. The Bertz CT molecular complexity index is 958. The second-order valence-electron chi connectivity index (χ2n) is 7.36. The summed E-state index contributed by atoms with van der Waals surface area (Å²) in [5, 5.41) is 1.49. The van der Waals surface area contributed by atoms with E-state index in [0.29, 0.717) is 23.1 Å². The first-order valence-corrected chi connectivity index (χ1v) is 12.0. The van der Waals surface area contributed by atoms with E-state index in [1.54, 1.807) is 0 Å². The highest BCUT2D eigenvalue weighted by Gasteiger charge is 2.32. The molecule has 0 aliphatic carbocycles. The third-order valence-corrected chi connectivity index (χ3v) is 6.34. The van der Waals surface area contributed by atoms with Crippen molar-refractivity contribution in [3.05, 3.63) is 69.6 Å². The van der Waals surface area contributed by atoms with E-state index in [0.717, 1.165) is 54.3 Å².